The van der Waals surface area contributed by atoms with E-state index in [0.29, 0.717) is 19.5 Å². The number of hydrogen-bond donors (Lipinski definition) is 1. The van der Waals surface area contributed by atoms with Gasteiger partial charge in [0.1, 0.15) is 11.5 Å². The molecule has 0 aliphatic rings. The van der Waals surface area contributed by atoms with Gasteiger partial charge in [-0.15, -0.1) is 0 Å². The Morgan fingerprint density at radius 3 is 2.44 bits per heavy atom. The van der Waals surface area contributed by atoms with E-state index in [1.54, 1.807) is 14.2 Å². The number of ether oxygens (including phenoxy) is 2. The first-order chi connectivity index (χ1) is 13.1. The third-order valence-corrected chi connectivity index (χ3v) is 4.56. The molecule has 0 aliphatic carbocycles. The number of nitrogens with zero attached hydrogens (tertiary/aromatic N) is 1. The van der Waals surface area contributed by atoms with Crippen molar-refractivity contribution in [2.45, 2.75) is 26.3 Å². The highest BCUT2D eigenvalue weighted by Crippen LogP contribution is 2.26. The molecular weight excluding hydrogens is 340 g/mol. The van der Waals surface area contributed by atoms with Crippen molar-refractivity contribution in [2.24, 2.45) is 0 Å². The SMILES string of the molecule is CCCNC(=O)Cc1cn(Cc2cc(OC)cc(OC)c2)c2ccccc12. The van der Waals surface area contributed by atoms with Crippen molar-refractivity contribution >= 4 is 16.8 Å². The molecule has 0 saturated heterocycles. The molecular formula is C22H26N2O3. The van der Waals surface area contributed by atoms with Crippen LogP contribution in [0.2, 0.25) is 0 Å². The van der Waals surface area contributed by atoms with Crippen LogP contribution in [0, 0.1) is 0 Å². The van der Waals surface area contributed by atoms with Gasteiger partial charge < -0.3 is 19.4 Å². The number of rotatable bonds is 8. The summed E-state index contributed by atoms with van der Waals surface area (Å²) in [6.07, 6.45) is 3.39. The minimum atomic E-state index is 0.0582. The lowest BCUT2D eigenvalue weighted by Gasteiger charge is -2.10. The highest BCUT2D eigenvalue weighted by molar-refractivity contribution is 5.89. The van der Waals surface area contributed by atoms with Crippen molar-refractivity contribution in [1.82, 2.24) is 9.88 Å². The number of carbonyl (C=O) groups excluding carboxylic acids is 1. The zero-order chi connectivity index (χ0) is 19.2. The maximum atomic E-state index is 12.2. The molecule has 5 nitrogen and oxygen atoms in total. The van der Waals surface area contributed by atoms with Crippen LogP contribution < -0.4 is 14.8 Å². The first-order valence-corrected chi connectivity index (χ1v) is 9.20. The number of amides is 1. The lowest BCUT2D eigenvalue weighted by Crippen LogP contribution is -2.25. The van der Waals surface area contributed by atoms with Crippen LogP contribution in [0.5, 0.6) is 11.5 Å². The molecule has 1 N–H and O–H groups in total. The van der Waals surface area contributed by atoms with E-state index >= 15 is 0 Å². The maximum Gasteiger partial charge on any atom is 0.224 e. The molecule has 0 saturated carbocycles. The standard InChI is InChI=1S/C22H26N2O3/c1-4-9-23-22(25)12-17-15-24(21-8-6-5-7-20(17)21)14-16-10-18(26-2)13-19(11-16)27-3/h5-8,10-11,13,15H,4,9,12,14H2,1-3H3,(H,23,25). The molecule has 0 unspecified atom stereocenters. The number of hydrogen-bond acceptors (Lipinski definition) is 3. The lowest BCUT2D eigenvalue weighted by atomic mass is 10.1. The first-order valence-electron chi connectivity index (χ1n) is 9.20. The molecule has 0 spiro atoms. The highest BCUT2D eigenvalue weighted by Gasteiger charge is 2.12. The van der Waals surface area contributed by atoms with Gasteiger partial charge in [0.05, 0.1) is 20.6 Å². The van der Waals surface area contributed by atoms with Gasteiger partial charge in [0.15, 0.2) is 0 Å². The van der Waals surface area contributed by atoms with Gasteiger partial charge in [-0.05, 0) is 35.7 Å². The van der Waals surface area contributed by atoms with E-state index in [4.69, 9.17) is 9.47 Å². The molecule has 3 aromatic rings. The molecule has 1 amide bonds. The summed E-state index contributed by atoms with van der Waals surface area (Å²) in [7, 11) is 3.30. The van der Waals surface area contributed by atoms with Gasteiger partial charge >= 0.3 is 0 Å². The number of fused-ring (bicyclic) bond motifs is 1. The van der Waals surface area contributed by atoms with Crippen molar-refractivity contribution in [2.75, 3.05) is 20.8 Å². The number of benzene rings is 2. The summed E-state index contributed by atoms with van der Waals surface area (Å²) in [6, 6.07) is 14.1. The van der Waals surface area contributed by atoms with Crippen LogP contribution in [0.1, 0.15) is 24.5 Å². The topological polar surface area (TPSA) is 52.5 Å². The fraction of sp³-hybridized carbons (Fsp3) is 0.318. The van der Waals surface area contributed by atoms with Crippen LogP contribution in [0.15, 0.2) is 48.7 Å². The summed E-state index contributed by atoms with van der Waals surface area (Å²) >= 11 is 0. The third kappa shape index (κ3) is 4.42. The van der Waals surface area contributed by atoms with Gasteiger partial charge in [0.25, 0.3) is 0 Å². The normalized spacial score (nSPS) is 10.8. The number of para-hydroxylation sites is 1. The predicted octanol–water partition coefficient (Wildman–Crippen LogP) is 3.78. The van der Waals surface area contributed by atoms with E-state index in [9.17, 15) is 4.79 Å². The predicted molar refractivity (Wildman–Crippen MR) is 108 cm³/mol. The minimum Gasteiger partial charge on any atom is -0.497 e. The molecule has 0 radical (unpaired) electrons. The smallest absolute Gasteiger partial charge is 0.224 e. The van der Waals surface area contributed by atoms with Crippen molar-refractivity contribution in [3.05, 3.63) is 59.8 Å². The van der Waals surface area contributed by atoms with Gasteiger partial charge in [-0.2, -0.15) is 0 Å². The van der Waals surface area contributed by atoms with Crippen LogP contribution in [-0.4, -0.2) is 31.2 Å². The molecule has 1 aromatic heterocycles. The molecule has 0 atom stereocenters. The van der Waals surface area contributed by atoms with Gasteiger partial charge in [-0.1, -0.05) is 25.1 Å². The van der Waals surface area contributed by atoms with E-state index in [1.807, 2.05) is 30.3 Å². The van der Waals surface area contributed by atoms with Crippen molar-refractivity contribution in [1.29, 1.82) is 0 Å². The zero-order valence-electron chi connectivity index (χ0n) is 16.1. The first kappa shape index (κ1) is 18.8. The Morgan fingerprint density at radius 2 is 1.78 bits per heavy atom. The second kappa shape index (κ2) is 8.62. The van der Waals surface area contributed by atoms with Gasteiger partial charge in [-0.25, -0.2) is 0 Å². The van der Waals surface area contributed by atoms with Crippen LogP contribution in [-0.2, 0) is 17.8 Å². The number of carbonyl (C=O) groups is 1. The molecule has 27 heavy (non-hydrogen) atoms. The molecule has 1 heterocycles. The Bertz CT molecular complexity index is 908. The van der Waals surface area contributed by atoms with E-state index in [1.165, 1.54) is 0 Å². The van der Waals surface area contributed by atoms with Crippen LogP contribution >= 0.6 is 0 Å². The maximum absolute atomic E-state index is 12.2. The Balaban J connectivity index is 1.92. The zero-order valence-corrected chi connectivity index (χ0v) is 16.1. The Kier molecular flexibility index (Phi) is 6.01. The van der Waals surface area contributed by atoms with Crippen LogP contribution in [0.25, 0.3) is 10.9 Å². The lowest BCUT2D eigenvalue weighted by molar-refractivity contribution is -0.120. The molecule has 0 bridgehead atoms. The quantitative estimate of drug-likeness (QED) is 0.660. The van der Waals surface area contributed by atoms with Gasteiger partial charge in [0.2, 0.25) is 5.91 Å². The number of nitrogens with one attached hydrogen (secondary N) is 1. The highest BCUT2D eigenvalue weighted by atomic mass is 16.5. The van der Waals surface area contributed by atoms with Crippen LogP contribution in [0.3, 0.4) is 0 Å². The van der Waals surface area contributed by atoms with Crippen LogP contribution in [0.4, 0.5) is 0 Å². The molecule has 3 rings (SSSR count). The van der Waals surface area contributed by atoms with Crippen molar-refractivity contribution < 1.29 is 14.3 Å². The van der Waals surface area contributed by atoms with Gasteiger partial charge in [-0.3, -0.25) is 4.79 Å². The average molecular weight is 366 g/mol. The largest absolute Gasteiger partial charge is 0.497 e. The fourth-order valence-corrected chi connectivity index (χ4v) is 3.25. The summed E-state index contributed by atoms with van der Waals surface area (Å²) in [5.41, 5.74) is 3.22. The van der Waals surface area contributed by atoms with E-state index in [-0.39, 0.29) is 5.91 Å². The van der Waals surface area contributed by atoms with Crippen molar-refractivity contribution in [3.63, 3.8) is 0 Å². The summed E-state index contributed by atoms with van der Waals surface area (Å²) in [6.45, 7) is 3.43. The monoisotopic (exact) mass is 366 g/mol. The molecule has 0 aliphatic heterocycles. The minimum absolute atomic E-state index is 0.0582. The Hall–Kier alpha value is -2.95. The molecule has 2 aromatic carbocycles. The molecule has 5 heteroatoms. The summed E-state index contributed by atoms with van der Waals surface area (Å²) in [5.74, 6) is 1.59. The van der Waals surface area contributed by atoms with E-state index < -0.39 is 0 Å². The molecule has 0 fully saturated rings. The van der Waals surface area contributed by atoms with E-state index in [2.05, 4.69) is 35.1 Å². The fourth-order valence-electron chi connectivity index (χ4n) is 3.25. The summed E-state index contributed by atoms with van der Waals surface area (Å²) in [4.78, 5) is 12.2. The number of aromatic nitrogens is 1. The summed E-state index contributed by atoms with van der Waals surface area (Å²) in [5, 5.41) is 4.06. The third-order valence-electron chi connectivity index (χ3n) is 4.56. The van der Waals surface area contributed by atoms with E-state index in [0.717, 1.165) is 39.9 Å². The molecule has 142 valence electrons. The van der Waals surface area contributed by atoms with Crippen molar-refractivity contribution in [3.8, 4) is 11.5 Å². The second-order valence-corrected chi connectivity index (χ2v) is 6.55. The number of methoxy groups -OCH3 is 2. The average Bonchev–Trinajstić information content (AvgIpc) is 3.03. The Labute approximate surface area is 159 Å². The summed E-state index contributed by atoms with van der Waals surface area (Å²) < 4.78 is 12.9. The van der Waals surface area contributed by atoms with Gasteiger partial charge in [0, 0.05) is 36.3 Å². The second-order valence-electron chi connectivity index (χ2n) is 6.55. The Morgan fingerprint density at radius 1 is 1.07 bits per heavy atom.